The van der Waals surface area contributed by atoms with Crippen LogP contribution in [-0.2, 0) is 19.9 Å². The zero-order chi connectivity index (χ0) is 18.2. The number of amides is 1. The molecular weight excluding hydrogens is 304 g/mol. The Hall–Kier alpha value is -1.88. The fraction of sp³-hybridized carbons (Fsp3) is 0.579. The summed E-state index contributed by atoms with van der Waals surface area (Å²) < 4.78 is 4.97. The van der Waals surface area contributed by atoms with Crippen LogP contribution in [0.25, 0.3) is 0 Å². The molecular formula is C19H28N2O3. The Kier molecular flexibility index (Phi) is 4.77. The average molecular weight is 332 g/mol. The second-order valence-corrected chi connectivity index (χ2v) is 7.40. The minimum absolute atomic E-state index is 0.00169. The zero-order valence-corrected chi connectivity index (χ0v) is 15.5. The van der Waals surface area contributed by atoms with E-state index in [9.17, 15) is 9.59 Å². The molecule has 24 heavy (non-hydrogen) atoms. The highest BCUT2D eigenvalue weighted by atomic mass is 16.5. The van der Waals surface area contributed by atoms with Crippen LogP contribution in [0, 0.1) is 5.41 Å². The van der Waals surface area contributed by atoms with E-state index in [2.05, 4.69) is 5.32 Å². The molecule has 1 unspecified atom stereocenters. The molecule has 1 aliphatic rings. The number of hydrogen-bond acceptors (Lipinski definition) is 4. The van der Waals surface area contributed by atoms with Crippen molar-refractivity contribution >= 4 is 11.9 Å². The number of esters is 1. The van der Waals surface area contributed by atoms with Crippen LogP contribution in [0.5, 0.6) is 0 Å². The van der Waals surface area contributed by atoms with Crippen LogP contribution in [0.15, 0.2) is 30.3 Å². The summed E-state index contributed by atoms with van der Waals surface area (Å²) in [5.74, 6) is -0.319. The van der Waals surface area contributed by atoms with Gasteiger partial charge in [-0.05, 0) is 46.7 Å². The van der Waals surface area contributed by atoms with E-state index in [-0.39, 0.29) is 11.9 Å². The maximum atomic E-state index is 13.4. The van der Waals surface area contributed by atoms with Gasteiger partial charge in [-0.25, -0.2) is 0 Å². The number of carbonyl (C=O) groups is 2. The summed E-state index contributed by atoms with van der Waals surface area (Å²) in [6, 6.07) is 9.75. The second-order valence-electron chi connectivity index (χ2n) is 7.40. The highest BCUT2D eigenvalue weighted by molar-refractivity contribution is 5.91. The Morgan fingerprint density at radius 3 is 2.29 bits per heavy atom. The van der Waals surface area contributed by atoms with Gasteiger partial charge in [-0.1, -0.05) is 30.3 Å². The lowest BCUT2D eigenvalue weighted by Crippen LogP contribution is -2.60. The monoisotopic (exact) mass is 332 g/mol. The molecule has 1 atom stereocenters. The fourth-order valence-corrected chi connectivity index (χ4v) is 3.46. The van der Waals surface area contributed by atoms with Crippen LogP contribution in [0.1, 0.15) is 39.7 Å². The fourth-order valence-electron chi connectivity index (χ4n) is 3.46. The van der Waals surface area contributed by atoms with E-state index < -0.39 is 16.5 Å². The molecule has 1 amide bonds. The molecule has 1 saturated heterocycles. The third-order valence-electron chi connectivity index (χ3n) is 5.91. The Bertz CT molecular complexity index is 625. The van der Waals surface area contributed by atoms with Gasteiger partial charge in [0.05, 0.1) is 18.1 Å². The summed E-state index contributed by atoms with van der Waals surface area (Å²) in [4.78, 5) is 27.5. The van der Waals surface area contributed by atoms with E-state index in [1.54, 1.807) is 0 Å². The highest BCUT2D eigenvalue weighted by Gasteiger charge is 2.56. The topological polar surface area (TPSA) is 58.6 Å². The van der Waals surface area contributed by atoms with Crippen molar-refractivity contribution in [3.63, 3.8) is 0 Å². The summed E-state index contributed by atoms with van der Waals surface area (Å²) in [6.07, 6.45) is 0.660. The molecule has 1 heterocycles. The van der Waals surface area contributed by atoms with Crippen molar-refractivity contribution in [2.24, 2.45) is 5.41 Å². The molecule has 0 spiro atoms. The van der Waals surface area contributed by atoms with E-state index in [1.165, 1.54) is 7.11 Å². The first-order chi connectivity index (χ1) is 11.1. The van der Waals surface area contributed by atoms with Gasteiger partial charge in [0.15, 0.2) is 0 Å². The first-order valence-corrected chi connectivity index (χ1v) is 8.30. The molecule has 0 saturated carbocycles. The molecule has 2 rings (SSSR count). The lowest BCUT2D eigenvalue weighted by Gasteiger charge is -2.46. The maximum Gasteiger partial charge on any atom is 0.313 e. The zero-order valence-electron chi connectivity index (χ0n) is 15.5. The summed E-state index contributed by atoms with van der Waals surface area (Å²) >= 11 is 0. The van der Waals surface area contributed by atoms with Crippen molar-refractivity contribution in [1.82, 2.24) is 10.2 Å². The highest BCUT2D eigenvalue weighted by Crippen LogP contribution is 2.43. The van der Waals surface area contributed by atoms with Gasteiger partial charge >= 0.3 is 5.97 Å². The molecule has 0 radical (unpaired) electrons. The molecule has 0 aromatic heterocycles. The molecule has 0 bridgehead atoms. The van der Waals surface area contributed by atoms with Crippen molar-refractivity contribution in [1.29, 1.82) is 0 Å². The average Bonchev–Trinajstić information content (AvgIpc) is 2.92. The quantitative estimate of drug-likeness (QED) is 0.841. The molecule has 1 fully saturated rings. The van der Waals surface area contributed by atoms with Crippen LogP contribution in [-0.4, -0.2) is 43.0 Å². The molecule has 1 N–H and O–H groups in total. The van der Waals surface area contributed by atoms with Crippen LogP contribution in [0.3, 0.4) is 0 Å². The molecule has 0 aliphatic carbocycles. The van der Waals surface area contributed by atoms with Crippen LogP contribution >= 0.6 is 0 Å². The number of nitrogens with zero attached hydrogens (tertiary/aromatic N) is 1. The number of hydrogen-bond donors (Lipinski definition) is 1. The molecule has 5 nitrogen and oxygen atoms in total. The first-order valence-electron chi connectivity index (χ1n) is 8.30. The Labute approximate surface area is 144 Å². The smallest absolute Gasteiger partial charge is 0.313 e. The van der Waals surface area contributed by atoms with Gasteiger partial charge in [0.2, 0.25) is 5.91 Å². The SMILES string of the molecule is CNC1(c2ccccc2)CCN(C(C)(C)C(C)(C)C(=O)OC)C1=O. The van der Waals surface area contributed by atoms with Crippen LogP contribution in [0.4, 0.5) is 0 Å². The van der Waals surface area contributed by atoms with E-state index >= 15 is 0 Å². The van der Waals surface area contributed by atoms with Crippen LogP contribution in [0.2, 0.25) is 0 Å². The van der Waals surface area contributed by atoms with Crippen LogP contribution < -0.4 is 5.32 Å². The van der Waals surface area contributed by atoms with E-state index in [4.69, 9.17) is 4.74 Å². The Morgan fingerprint density at radius 1 is 1.21 bits per heavy atom. The third kappa shape index (κ3) is 2.51. The number of methoxy groups -OCH3 is 1. The van der Waals surface area contributed by atoms with Gasteiger partial charge < -0.3 is 15.0 Å². The minimum atomic E-state index is -0.822. The van der Waals surface area contributed by atoms with Gasteiger partial charge in [0, 0.05) is 6.54 Å². The first kappa shape index (κ1) is 18.5. The van der Waals surface area contributed by atoms with E-state index in [1.807, 2.05) is 70.0 Å². The number of benzene rings is 1. The van der Waals surface area contributed by atoms with E-state index in [0.29, 0.717) is 13.0 Å². The standard InChI is InChI=1S/C19H28N2O3/c1-17(2,16(23)24-6)18(3,4)21-13-12-19(20-5,15(21)22)14-10-8-7-9-11-14/h7-11,20H,12-13H2,1-6H3. The molecule has 5 heteroatoms. The molecule has 132 valence electrons. The lowest BCUT2D eigenvalue weighted by molar-refractivity contribution is -0.162. The predicted octanol–water partition coefficient (Wildman–Crippen LogP) is 2.31. The van der Waals surface area contributed by atoms with Crippen molar-refractivity contribution in [2.45, 2.75) is 45.2 Å². The third-order valence-corrected chi connectivity index (χ3v) is 5.91. The Balaban J connectivity index is 2.42. The predicted molar refractivity (Wildman–Crippen MR) is 93.4 cm³/mol. The summed E-state index contributed by atoms with van der Waals surface area (Å²) in [7, 11) is 3.20. The van der Waals surface area contributed by atoms with Gasteiger partial charge in [-0.2, -0.15) is 0 Å². The van der Waals surface area contributed by atoms with Gasteiger partial charge in [0.25, 0.3) is 0 Å². The van der Waals surface area contributed by atoms with Gasteiger partial charge in [-0.15, -0.1) is 0 Å². The largest absolute Gasteiger partial charge is 0.469 e. The number of carbonyl (C=O) groups excluding carboxylic acids is 2. The summed E-state index contributed by atoms with van der Waals surface area (Å²) in [5.41, 5.74) is -1.29. The normalized spacial score (nSPS) is 21.9. The maximum absolute atomic E-state index is 13.4. The van der Waals surface area contributed by atoms with Gasteiger partial charge in [0.1, 0.15) is 5.54 Å². The lowest BCUT2D eigenvalue weighted by atomic mass is 9.73. The Morgan fingerprint density at radius 2 is 1.79 bits per heavy atom. The minimum Gasteiger partial charge on any atom is -0.469 e. The molecule has 1 aromatic carbocycles. The van der Waals surface area contributed by atoms with Crippen molar-refractivity contribution in [3.8, 4) is 0 Å². The van der Waals surface area contributed by atoms with Crippen molar-refractivity contribution < 1.29 is 14.3 Å². The van der Waals surface area contributed by atoms with Crippen molar-refractivity contribution in [3.05, 3.63) is 35.9 Å². The van der Waals surface area contributed by atoms with Crippen molar-refractivity contribution in [2.75, 3.05) is 20.7 Å². The molecule has 1 aromatic rings. The number of likely N-dealkylation sites (tertiary alicyclic amines) is 1. The van der Waals surface area contributed by atoms with E-state index in [0.717, 1.165) is 5.56 Å². The van der Waals surface area contributed by atoms with Gasteiger partial charge in [-0.3, -0.25) is 9.59 Å². The summed E-state index contributed by atoms with van der Waals surface area (Å²) in [5, 5.41) is 3.23. The number of likely N-dealkylation sites (N-methyl/N-ethyl adjacent to an activating group) is 1. The number of ether oxygens (including phenoxy) is 1. The summed E-state index contributed by atoms with van der Waals surface area (Å²) in [6.45, 7) is 8.10. The second kappa shape index (κ2) is 6.20. The number of rotatable bonds is 5. The molecule has 1 aliphatic heterocycles. The number of nitrogens with one attached hydrogen (secondary N) is 1.